The van der Waals surface area contributed by atoms with E-state index in [4.69, 9.17) is 22.1 Å². The Balaban J connectivity index is 1.71. The van der Waals surface area contributed by atoms with Crippen LogP contribution in [0, 0.1) is 5.92 Å². The van der Waals surface area contributed by atoms with Crippen molar-refractivity contribution in [3.63, 3.8) is 0 Å². The number of ether oxygens (including phenoxy) is 1. The van der Waals surface area contributed by atoms with Crippen LogP contribution in [0.15, 0.2) is 24.3 Å². The number of rotatable bonds is 5. The molecule has 0 amide bonds. The molecule has 16 heavy (non-hydrogen) atoms. The van der Waals surface area contributed by atoms with Crippen LogP contribution in [0.3, 0.4) is 0 Å². The Morgan fingerprint density at radius 3 is 2.56 bits per heavy atom. The molecular formula is C13H18ClNO. The van der Waals surface area contributed by atoms with Gasteiger partial charge in [0.1, 0.15) is 12.4 Å². The van der Waals surface area contributed by atoms with E-state index < -0.39 is 0 Å². The van der Waals surface area contributed by atoms with Crippen LogP contribution in [-0.2, 0) is 0 Å². The standard InChI is InChI=1S/C13H18ClNO/c14-11-4-6-13(7-5-11)16-9-12(15)8-10-2-1-3-10/h4-7,10,12H,1-3,8-9,15H2. The fourth-order valence-electron chi connectivity index (χ4n) is 1.96. The lowest BCUT2D eigenvalue weighted by Gasteiger charge is -2.27. The van der Waals surface area contributed by atoms with Gasteiger partial charge in [0.25, 0.3) is 0 Å². The van der Waals surface area contributed by atoms with E-state index in [2.05, 4.69) is 0 Å². The minimum Gasteiger partial charge on any atom is -0.492 e. The van der Waals surface area contributed by atoms with Crippen molar-refractivity contribution >= 4 is 11.6 Å². The maximum atomic E-state index is 6.01. The predicted molar refractivity (Wildman–Crippen MR) is 66.9 cm³/mol. The smallest absolute Gasteiger partial charge is 0.119 e. The molecule has 0 aliphatic heterocycles. The third-order valence-corrected chi connectivity index (χ3v) is 3.39. The predicted octanol–water partition coefficient (Wildman–Crippen LogP) is 3.24. The van der Waals surface area contributed by atoms with Crippen molar-refractivity contribution in [1.29, 1.82) is 0 Å². The first-order chi connectivity index (χ1) is 7.74. The molecule has 1 saturated carbocycles. The van der Waals surface area contributed by atoms with Crippen molar-refractivity contribution in [2.45, 2.75) is 31.7 Å². The van der Waals surface area contributed by atoms with Gasteiger partial charge in [-0.25, -0.2) is 0 Å². The quantitative estimate of drug-likeness (QED) is 0.856. The Hall–Kier alpha value is -0.730. The maximum absolute atomic E-state index is 6.01. The van der Waals surface area contributed by atoms with Crippen molar-refractivity contribution in [3.8, 4) is 5.75 Å². The van der Waals surface area contributed by atoms with Gasteiger partial charge in [-0.1, -0.05) is 30.9 Å². The van der Waals surface area contributed by atoms with Crippen LogP contribution in [0.4, 0.5) is 0 Å². The Labute approximate surface area is 102 Å². The minimum absolute atomic E-state index is 0.154. The molecule has 0 spiro atoms. The highest BCUT2D eigenvalue weighted by Gasteiger charge is 2.20. The van der Waals surface area contributed by atoms with E-state index in [-0.39, 0.29) is 6.04 Å². The zero-order chi connectivity index (χ0) is 11.4. The van der Waals surface area contributed by atoms with E-state index in [0.717, 1.165) is 23.1 Å². The summed E-state index contributed by atoms with van der Waals surface area (Å²) in [5.74, 6) is 1.68. The molecule has 0 radical (unpaired) electrons. The zero-order valence-electron chi connectivity index (χ0n) is 9.36. The Morgan fingerprint density at radius 2 is 2.00 bits per heavy atom. The first-order valence-corrected chi connectivity index (χ1v) is 6.26. The molecule has 1 aliphatic carbocycles. The van der Waals surface area contributed by atoms with E-state index in [9.17, 15) is 0 Å². The van der Waals surface area contributed by atoms with Gasteiger partial charge in [-0.15, -0.1) is 0 Å². The van der Waals surface area contributed by atoms with Crippen LogP contribution in [0.1, 0.15) is 25.7 Å². The van der Waals surface area contributed by atoms with Gasteiger partial charge in [0.05, 0.1) is 0 Å². The molecule has 88 valence electrons. The number of hydrogen-bond donors (Lipinski definition) is 1. The van der Waals surface area contributed by atoms with Crippen molar-refractivity contribution in [2.75, 3.05) is 6.61 Å². The molecule has 2 nitrogen and oxygen atoms in total. The SMILES string of the molecule is NC(COc1ccc(Cl)cc1)CC1CCC1. The lowest BCUT2D eigenvalue weighted by molar-refractivity contribution is 0.224. The van der Waals surface area contributed by atoms with Gasteiger partial charge >= 0.3 is 0 Å². The summed E-state index contributed by atoms with van der Waals surface area (Å²) in [7, 11) is 0. The molecule has 1 aliphatic rings. The Kier molecular flexibility index (Phi) is 4.08. The van der Waals surface area contributed by atoms with Crippen molar-refractivity contribution in [1.82, 2.24) is 0 Å². The van der Waals surface area contributed by atoms with Gasteiger partial charge in [-0.3, -0.25) is 0 Å². The van der Waals surface area contributed by atoms with Gasteiger partial charge in [-0.05, 0) is 36.6 Å². The highest BCUT2D eigenvalue weighted by atomic mass is 35.5. The van der Waals surface area contributed by atoms with Gasteiger partial charge in [0.2, 0.25) is 0 Å². The molecule has 1 aromatic rings. The minimum atomic E-state index is 0.154. The van der Waals surface area contributed by atoms with Crippen LogP contribution in [0.5, 0.6) is 5.75 Å². The van der Waals surface area contributed by atoms with E-state index in [1.807, 2.05) is 24.3 Å². The van der Waals surface area contributed by atoms with Gasteiger partial charge < -0.3 is 10.5 Å². The lowest BCUT2D eigenvalue weighted by Crippen LogP contribution is -2.32. The number of hydrogen-bond acceptors (Lipinski definition) is 2. The summed E-state index contributed by atoms with van der Waals surface area (Å²) in [5, 5.41) is 0.728. The molecule has 0 heterocycles. The fourth-order valence-corrected chi connectivity index (χ4v) is 2.08. The molecule has 1 fully saturated rings. The fraction of sp³-hybridized carbons (Fsp3) is 0.538. The molecule has 3 heteroatoms. The van der Waals surface area contributed by atoms with Gasteiger partial charge in [0, 0.05) is 11.1 Å². The van der Waals surface area contributed by atoms with E-state index >= 15 is 0 Å². The number of halogens is 1. The van der Waals surface area contributed by atoms with Crippen molar-refractivity contribution in [2.24, 2.45) is 11.7 Å². The topological polar surface area (TPSA) is 35.2 Å². The van der Waals surface area contributed by atoms with Crippen molar-refractivity contribution < 1.29 is 4.74 Å². The monoisotopic (exact) mass is 239 g/mol. The average Bonchev–Trinajstić information content (AvgIpc) is 2.23. The lowest BCUT2D eigenvalue weighted by atomic mass is 9.81. The molecule has 1 aromatic carbocycles. The number of benzene rings is 1. The second kappa shape index (κ2) is 5.55. The van der Waals surface area contributed by atoms with Gasteiger partial charge in [-0.2, -0.15) is 0 Å². The van der Waals surface area contributed by atoms with E-state index in [1.54, 1.807) is 0 Å². The summed E-state index contributed by atoms with van der Waals surface area (Å²) in [6.45, 7) is 0.595. The highest BCUT2D eigenvalue weighted by Crippen LogP contribution is 2.30. The molecule has 0 aromatic heterocycles. The molecule has 2 rings (SSSR count). The Morgan fingerprint density at radius 1 is 1.31 bits per heavy atom. The molecule has 0 bridgehead atoms. The molecule has 2 N–H and O–H groups in total. The van der Waals surface area contributed by atoms with Crippen LogP contribution in [0.25, 0.3) is 0 Å². The summed E-state index contributed by atoms with van der Waals surface area (Å²) in [4.78, 5) is 0. The highest BCUT2D eigenvalue weighted by molar-refractivity contribution is 6.30. The third kappa shape index (κ3) is 3.39. The Bertz CT molecular complexity index is 321. The zero-order valence-corrected chi connectivity index (χ0v) is 10.1. The average molecular weight is 240 g/mol. The van der Waals surface area contributed by atoms with Crippen molar-refractivity contribution in [3.05, 3.63) is 29.3 Å². The normalized spacial score (nSPS) is 17.9. The van der Waals surface area contributed by atoms with Crippen LogP contribution < -0.4 is 10.5 Å². The first kappa shape index (κ1) is 11.7. The second-order valence-electron chi connectivity index (χ2n) is 4.56. The largest absolute Gasteiger partial charge is 0.492 e. The summed E-state index contributed by atoms with van der Waals surface area (Å²) in [6.07, 6.45) is 5.15. The molecular weight excluding hydrogens is 222 g/mol. The summed E-state index contributed by atoms with van der Waals surface area (Å²) < 4.78 is 5.61. The second-order valence-corrected chi connectivity index (χ2v) is 4.99. The van der Waals surface area contributed by atoms with Gasteiger partial charge in [0.15, 0.2) is 0 Å². The molecule has 0 saturated heterocycles. The summed E-state index contributed by atoms with van der Waals surface area (Å²) >= 11 is 5.79. The molecule has 1 unspecified atom stereocenters. The summed E-state index contributed by atoms with van der Waals surface area (Å²) in [5.41, 5.74) is 6.01. The van der Waals surface area contributed by atoms with Crippen LogP contribution >= 0.6 is 11.6 Å². The third-order valence-electron chi connectivity index (χ3n) is 3.14. The van der Waals surface area contributed by atoms with E-state index in [0.29, 0.717) is 6.61 Å². The summed E-state index contributed by atoms with van der Waals surface area (Å²) in [6, 6.07) is 7.56. The number of nitrogens with two attached hydrogens (primary N) is 1. The van der Waals surface area contributed by atoms with Crippen LogP contribution in [-0.4, -0.2) is 12.6 Å². The molecule has 1 atom stereocenters. The van der Waals surface area contributed by atoms with Crippen LogP contribution in [0.2, 0.25) is 5.02 Å². The maximum Gasteiger partial charge on any atom is 0.119 e. The first-order valence-electron chi connectivity index (χ1n) is 5.88. The van der Waals surface area contributed by atoms with E-state index in [1.165, 1.54) is 19.3 Å².